The van der Waals surface area contributed by atoms with Gasteiger partial charge in [-0.25, -0.2) is 4.98 Å². The van der Waals surface area contributed by atoms with Crippen molar-refractivity contribution in [2.45, 2.75) is 0 Å². The van der Waals surface area contributed by atoms with Gasteiger partial charge in [-0.2, -0.15) is 9.97 Å². The standard InChI is InChI=1S/C59H34N4OS/c1-3-15-35(16-4-1)38-29-31-49-47(33-38)52-42-23-9-10-24-43(42)53-48-34-39(36-17-5-2-6-18-36)30-32-51(48)65-56(53)54(52)63(49)59-61-57(45-26-13-20-37-19-7-8-21-40(37)45)60-58(62-59)46-27-14-25-44-41-22-11-12-28-50(41)64-55(44)46/h1-34H. The number of para-hydroxylation sites is 2. The number of hydrogen-bond donors (Lipinski definition) is 0. The summed E-state index contributed by atoms with van der Waals surface area (Å²) in [7, 11) is 0. The first-order valence-electron chi connectivity index (χ1n) is 21.8. The van der Waals surface area contributed by atoms with Crippen LogP contribution in [-0.2, 0) is 0 Å². The van der Waals surface area contributed by atoms with Crippen LogP contribution < -0.4 is 0 Å². The summed E-state index contributed by atoms with van der Waals surface area (Å²) in [6, 6.07) is 73.2. The largest absolute Gasteiger partial charge is 0.455 e. The van der Waals surface area contributed by atoms with Gasteiger partial charge in [-0.15, -0.1) is 11.3 Å². The van der Waals surface area contributed by atoms with Crippen molar-refractivity contribution in [3.05, 3.63) is 206 Å². The Morgan fingerprint density at radius 1 is 0.400 bits per heavy atom. The Morgan fingerprint density at radius 2 is 0.985 bits per heavy atom. The van der Waals surface area contributed by atoms with E-state index in [0.717, 1.165) is 71.4 Å². The second kappa shape index (κ2) is 14.0. The second-order valence-electron chi connectivity index (χ2n) is 16.7. The van der Waals surface area contributed by atoms with Crippen molar-refractivity contribution in [1.82, 2.24) is 19.5 Å². The van der Waals surface area contributed by atoms with Gasteiger partial charge in [-0.3, -0.25) is 4.57 Å². The summed E-state index contributed by atoms with van der Waals surface area (Å²) in [5, 5.41) is 11.4. The van der Waals surface area contributed by atoms with E-state index in [4.69, 9.17) is 19.4 Å². The first-order valence-corrected chi connectivity index (χ1v) is 22.7. The van der Waals surface area contributed by atoms with E-state index in [2.05, 4.69) is 199 Å². The van der Waals surface area contributed by atoms with Crippen LogP contribution in [0.5, 0.6) is 0 Å². The van der Waals surface area contributed by atoms with Crippen LogP contribution in [0.1, 0.15) is 0 Å². The maximum Gasteiger partial charge on any atom is 0.238 e. The molecule has 0 unspecified atom stereocenters. The Balaban J connectivity index is 1.15. The third kappa shape index (κ3) is 5.48. The summed E-state index contributed by atoms with van der Waals surface area (Å²) < 4.78 is 11.4. The molecule has 0 saturated heterocycles. The molecule has 0 fully saturated rings. The first-order chi connectivity index (χ1) is 32.2. The Labute approximate surface area is 376 Å². The molecule has 0 bridgehead atoms. The lowest BCUT2D eigenvalue weighted by Crippen LogP contribution is -2.07. The molecule has 65 heavy (non-hydrogen) atoms. The van der Waals surface area contributed by atoms with Crippen molar-refractivity contribution in [2.24, 2.45) is 0 Å². The lowest BCUT2D eigenvalue weighted by molar-refractivity contribution is 0.669. The number of thiophene rings is 1. The van der Waals surface area contributed by atoms with Crippen LogP contribution >= 0.6 is 11.3 Å². The fraction of sp³-hybridized carbons (Fsp3) is 0. The van der Waals surface area contributed by atoms with Crippen molar-refractivity contribution < 1.29 is 4.42 Å². The minimum atomic E-state index is 0.539. The zero-order valence-corrected chi connectivity index (χ0v) is 35.6. The number of furan rings is 1. The third-order valence-electron chi connectivity index (χ3n) is 13.0. The lowest BCUT2D eigenvalue weighted by Gasteiger charge is -2.13. The molecule has 0 radical (unpaired) electrons. The Kier molecular flexibility index (Phi) is 7.79. The van der Waals surface area contributed by atoms with E-state index in [1.54, 1.807) is 0 Å². The van der Waals surface area contributed by atoms with Crippen molar-refractivity contribution in [1.29, 1.82) is 0 Å². The van der Waals surface area contributed by atoms with Gasteiger partial charge in [0.2, 0.25) is 5.95 Å². The molecule has 0 aliphatic heterocycles. The van der Waals surface area contributed by atoms with Crippen molar-refractivity contribution in [3.63, 3.8) is 0 Å². The molecular weight excluding hydrogens is 813 g/mol. The van der Waals surface area contributed by atoms with E-state index < -0.39 is 0 Å². The van der Waals surface area contributed by atoms with E-state index in [1.807, 2.05) is 23.5 Å². The van der Waals surface area contributed by atoms with Crippen molar-refractivity contribution in [2.75, 3.05) is 0 Å². The Bertz CT molecular complexity index is 4240. The van der Waals surface area contributed by atoms with Gasteiger partial charge in [0, 0.05) is 42.6 Å². The highest BCUT2D eigenvalue weighted by Crippen LogP contribution is 2.49. The van der Waals surface area contributed by atoms with Gasteiger partial charge in [-0.05, 0) is 80.2 Å². The summed E-state index contributed by atoms with van der Waals surface area (Å²) >= 11 is 1.83. The van der Waals surface area contributed by atoms with Gasteiger partial charge in [-0.1, -0.05) is 170 Å². The summed E-state index contributed by atoms with van der Waals surface area (Å²) in [4.78, 5) is 16.4. The highest BCUT2D eigenvalue weighted by atomic mass is 32.1. The second-order valence-corrected chi connectivity index (χ2v) is 17.7. The van der Waals surface area contributed by atoms with E-state index in [9.17, 15) is 0 Å². The summed E-state index contributed by atoms with van der Waals surface area (Å²) in [5.41, 5.74) is 10.1. The molecule has 14 rings (SSSR count). The molecule has 4 heterocycles. The molecule has 0 saturated carbocycles. The minimum Gasteiger partial charge on any atom is -0.455 e. The molecule has 14 aromatic rings. The first kappa shape index (κ1) is 36.1. The predicted molar refractivity (Wildman–Crippen MR) is 271 cm³/mol. The molecule has 0 N–H and O–H groups in total. The quantitative estimate of drug-likeness (QED) is 0.173. The van der Waals surface area contributed by atoms with E-state index in [-0.39, 0.29) is 0 Å². The zero-order chi connectivity index (χ0) is 42.6. The van der Waals surface area contributed by atoms with Crippen LogP contribution in [0.15, 0.2) is 211 Å². The van der Waals surface area contributed by atoms with Gasteiger partial charge in [0.1, 0.15) is 11.2 Å². The van der Waals surface area contributed by atoms with E-state index in [1.165, 1.54) is 47.5 Å². The fourth-order valence-corrected chi connectivity index (χ4v) is 11.3. The van der Waals surface area contributed by atoms with Gasteiger partial charge in [0.15, 0.2) is 11.6 Å². The van der Waals surface area contributed by atoms with E-state index in [0.29, 0.717) is 17.6 Å². The van der Waals surface area contributed by atoms with Gasteiger partial charge < -0.3 is 4.42 Å². The molecular formula is C59H34N4OS. The summed E-state index contributed by atoms with van der Waals surface area (Å²) in [6.45, 7) is 0. The van der Waals surface area contributed by atoms with Crippen LogP contribution in [0.25, 0.3) is 136 Å². The average Bonchev–Trinajstić information content (AvgIpc) is 4.06. The van der Waals surface area contributed by atoms with Crippen molar-refractivity contribution >= 4 is 96.8 Å². The van der Waals surface area contributed by atoms with E-state index >= 15 is 0 Å². The average molecular weight is 847 g/mol. The molecule has 0 spiro atoms. The number of nitrogens with zero attached hydrogens (tertiary/aromatic N) is 4. The number of hydrogen-bond acceptors (Lipinski definition) is 5. The summed E-state index contributed by atoms with van der Waals surface area (Å²) in [5.74, 6) is 1.67. The number of fused-ring (bicyclic) bond motifs is 14. The molecule has 0 aliphatic rings. The SMILES string of the molecule is c1ccc(-c2ccc3sc4c(c3c2)c2ccccc2c2c3cc(-c5ccccc5)ccc3n(-c3nc(-c5cccc6ccccc56)nc(-c5cccc6c5oc5ccccc56)n3)c42)cc1. The van der Waals surface area contributed by atoms with Crippen LogP contribution in [0.3, 0.4) is 0 Å². The number of rotatable bonds is 5. The molecule has 0 aliphatic carbocycles. The molecule has 0 amide bonds. The maximum atomic E-state index is 6.66. The molecule has 4 aromatic heterocycles. The summed E-state index contributed by atoms with van der Waals surface area (Å²) in [6.07, 6.45) is 0. The molecule has 0 atom stereocenters. The lowest BCUT2D eigenvalue weighted by atomic mass is 9.96. The van der Waals surface area contributed by atoms with Gasteiger partial charge in [0.05, 0.1) is 21.3 Å². The normalized spacial score (nSPS) is 12.0. The van der Waals surface area contributed by atoms with Crippen LogP contribution in [0.2, 0.25) is 0 Å². The highest BCUT2D eigenvalue weighted by Gasteiger charge is 2.26. The minimum absolute atomic E-state index is 0.539. The third-order valence-corrected chi connectivity index (χ3v) is 14.2. The van der Waals surface area contributed by atoms with Gasteiger partial charge in [0.25, 0.3) is 0 Å². The monoisotopic (exact) mass is 846 g/mol. The van der Waals surface area contributed by atoms with Crippen LogP contribution in [0.4, 0.5) is 0 Å². The van der Waals surface area contributed by atoms with Crippen LogP contribution in [0, 0.1) is 0 Å². The smallest absolute Gasteiger partial charge is 0.238 e. The number of aromatic nitrogens is 4. The highest BCUT2D eigenvalue weighted by molar-refractivity contribution is 7.27. The molecule has 5 nitrogen and oxygen atoms in total. The Hall–Kier alpha value is -8.45. The zero-order valence-electron chi connectivity index (χ0n) is 34.7. The molecule has 10 aromatic carbocycles. The molecule has 6 heteroatoms. The van der Waals surface area contributed by atoms with Crippen LogP contribution in [-0.4, -0.2) is 19.5 Å². The van der Waals surface area contributed by atoms with Crippen molar-refractivity contribution in [3.8, 4) is 51.0 Å². The predicted octanol–water partition coefficient (Wildman–Crippen LogP) is 16.2. The Morgan fingerprint density at radius 3 is 1.77 bits per heavy atom. The fourth-order valence-electron chi connectivity index (χ4n) is 10.1. The maximum absolute atomic E-state index is 6.66. The topological polar surface area (TPSA) is 56.7 Å². The number of benzene rings is 10. The molecule has 302 valence electrons. The van der Waals surface area contributed by atoms with Gasteiger partial charge >= 0.3 is 0 Å².